The summed E-state index contributed by atoms with van der Waals surface area (Å²) >= 11 is 0. The van der Waals surface area contributed by atoms with Crippen LogP contribution in [0.3, 0.4) is 0 Å². The minimum Gasteiger partial charge on any atom is -0.343 e. The number of methoxy groups -OCH3 is 1. The molecule has 3 nitrogen and oxygen atoms in total. The smallest absolute Gasteiger partial charge is 0.246 e. The lowest BCUT2D eigenvalue weighted by Gasteiger charge is -2.03. The summed E-state index contributed by atoms with van der Waals surface area (Å²) in [7, 11) is 1.70. The van der Waals surface area contributed by atoms with Crippen molar-refractivity contribution in [1.29, 1.82) is 0 Å². The van der Waals surface area contributed by atoms with Crippen LogP contribution in [0.4, 0.5) is 0 Å². The van der Waals surface area contributed by atoms with E-state index in [1.807, 2.05) is 40.9 Å². The molecule has 0 aliphatic carbocycles. The van der Waals surface area contributed by atoms with E-state index in [9.17, 15) is 0 Å². The van der Waals surface area contributed by atoms with Gasteiger partial charge in [0.15, 0.2) is 6.23 Å². The normalized spacial score (nSPS) is 12.8. The van der Waals surface area contributed by atoms with Crippen molar-refractivity contribution in [3.8, 4) is 0 Å². The van der Waals surface area contributed by atoms with Crippen LogP contribution in [0.15, 0.2) is 31.4 Å². The maximum atomic E-state index is 5.15. The Balaban J connectivity index is 2.69. The molecular formula is C9H15N2O+. The maximum absolute atomic E-state index is 5.15. The van der Waals surface area contributed by atoms with E-state index >= 15 is 0 Å². The van der Waals surface area contributed by atoms with Crippen LogP contribution in [0.1, 0.15) is 13.2 Å². The van der Waals surface area contributed by atoms with Crippen LogP contribution in [0.2, 0.25) is 0 Å². The van der Waals surface area contributed by atoms with Crippen LogP contribution in [0.5, 0.6) is 0 Å². The summed E-state index contributed by atoms with van der Waals surface area (Å²) in [5.74, 6) is 0. The van der Waals surface area contributed by atoms with E-state index in [1.54, 1.807) is 7.11 Å². The minimum absolute atomic E-state index is 0.0936. The Kier molecular flexibility index (Phi) is 3.05. The quantitative estimate of drug-likeness (QED) is 0.485. The molecule has 0 N–H and O–H groups in total. The van der Waals surface area contributed by atoms with E-state index in [0.29, 0.717) is 0 Å². The molecular weight excluding hydrogens is 152 g/mol. The van der Waals surface area contributed by atoms with Crippen molar-refractivity contribution in [2.75, 3.05) is 7.11 Å². The molecule has 1 rings (SSSR count). The second kappa shape index (κ2) is 4.07. The zero-order chi connectivity index (χ0) is 8.97. The van der Waals surface area contributed by atoms with Gasteiger partial charge in [-0.15, -0.1) is 0 Å². The van der Waals surface area contributed by atoms with E-state index in [2.05, 4.69) is 6.58 Å². The summed E-state index contributed by atoms with van der Waals surface area (Å²) in [6, 6.07) is 0. The molecule has 0 saturated heterocycles. The first-order valence-corrected chi connectivity index (χ1v) is 3.98. The molecule has 1 aromatic heterocycles. The summed E-state index contributed by atoms with van der Waals surface area (Å²) in [5.41, 5.74) is 0. The van der Waals surface area contributed by atoms with Gasteiger partial charge >= 0.3 is 0 Å². The van der Waals surface area contributed by atoms with E-state index in [-0.39, 0.29) is 6.23 Å². The molecule has 1 heterocycles. The largest absolute Gasteiger partial charge is 0.343 e. The van der Waals surface area contributed by atoms with E-state index < -0.39 is 0 Å². The minimum atomic E-state index is 0.0936. The second-order valence-corrected chi connectivity index (χ2v) is 2.68. The summed E-state index contributed by atoms with van der Waals surface area (Å²) in [5, 5.41) is 0. The standard InChI is InChI=1S/C9H15N2O/c1-4-5-10-6-7-11(8-10)9(2)12-3/h4,6-9H,1,5H2,2-3H3/q+1/t9-/m0/s1. The molecule has 0 aliphatic rings. The molecule has 0 amide bonds. The van der Waals surface area contributed by atoms with Crippen LogP contribution in [-0.2, 0) is 11.3 Å². The average Bonchev–Trinajstić information content (AvgIpc) is 2.52. The van der Waals surface area contributed by atoms with Crippen molar-refractivity contribution in [2.24, 2.45) is 0 Å². The Morgan fingerprint density at radius 1 is 1.75 bits per heavy atom. The van der Waals surface area contributed by atoms with Crippen molar-refractivity contribution in [3.05, 3.63) is 31.4 Å². The highest BCUT2D eigenvalue weighted by Gasteiger charge is 2.08. The SMILES string of the molecule is C=CC[n+]1ccn([C@H](C)OC)c1. The van der Waals surface area contributed by atoms with Gasteiger partial charge in [0, 0.05) is 14.0 Å². The van der Waals surface area contributed by atoms with Crippen LogP contribution in [-0.4, -0.2) is 11.7 Å². The van der Waals surface area contributed by atoms with Gasteiger partial charge in [-0.3, -0.25) is 0 Å². The fraction of sp³-hybridized carbons (Fsp3) is 0.444. The van der Waals surface area contributed by atoms with E-state index in [4.69, 9.17) is 4.74 Å². The van der Waals surface area contributed by atoms with Crippen LogP contribution in [0, 0.1) is 0 Å². The fourth-order valence-electron chi connectivity index (χ4n) is 1.00. The van der Waals surface area contributed by atoms with Crippen LogP contribution >= 0.6 is 0 Å². The second-order valence-electron chi connectivity index (χ2n) is 2.68. The van der Waals surface area contributed by atoms with Gasteiger partial charge in [0.1, 0.15) is 18.9 Å². The third kappa shape index (κ3) is 1.95. The number of nitrogens with zero attached hydrogens (tertiary/aromatic N) is 2. The maximum Gasteiger partial charge on any atom is 0.246 e. The van der Waals surface area contributed by atoms with Gasteiger partial charge in [-0.1, -0.05) is 12.7 Å². The molecule has 0 radical (unpaired) electrons. The Labute approximate surface area is 72.9 Å². The molecule has 0 spiro atoms. The van der Waals surface area contributed by atoms with Gasteiger partial charge < -0.3 is 4.74 Å². The molecule has 0 fully saturated rings. The van der Waals surface area contributed by atoms with Gasteiger partial charge in [0.05, 0.1) is 0 Å². The Morgan fingerprint density at radius 2 is 2.50 bits per heavy atom. The number of allylic oxidation sites excluding steroid dienone is 1. The third-order valence-electron chi connectivity index (χ3n) is 1.81. The van der Waals surface area contributed by atoms with Gasteiger partial charge in [-0.05, 0) is 0 Å². The lowest BCUT2D eigenvalue weighted by Crippen LogP contribution is -2.29. The monoisotopic (exact) mass is 167 g/mol. The van der Waals surface area contributed by atoms with Crippen molar-refractivity contribution >= 4 is 0 Å². The molecule has 0 unspecified atom stereocenters. The Bertz CT molecular complexity index is 255. The van der Waals surface area contributed by atoms with Crippen molar-refractivity contribution < 1.29 is 9.30 Å². The highest BCUT2D eigenvalue weighted by molar-refractivity contribution is 4.69. The summed E-state index contributed by atoms with van der Waals surface area (Å²) in [4.78, 5) is 0. The first-order valence-electron chi connectivity index (χ1n) is 3.98. The molecule has 0 aromatic carbocycles. The summed E-state index contributed by atoms with van der Waals surface area (Å²) in [6.45, 7) is 6.50. The fourth-order valence-corrected chi connectivity index (χ4v) is 1.00. The van der Waals surface area contributed by atoms with Crippen molar-refractivity contribution in [1.82, 2.24) is 4.57 Å². The van der Waals surface area contributed by atoms with Crippen molar-refractivity contribution in [2.45, 2.75) is 19.7 Å². The van der Waals surface area contributed by atoms with Gasteiger partial charge in [0.2, 0.25) is 6.33 Å². The van der Waals surface area contributed by atoms with Crippen LogP contribution in [0.25, 0.3) is 0 Å². The Morgan fingerprint density at radius 3 is 3.08 bits per heavy atom. The van der Waals surface area contributed by atoms with Gasteiger partial charge in [0.25, 0.3) is 0 Å². The lowest BCUT2D eigenvalue weighted by molar-refractivity contribution is -0.686. The Hall–Kier alpha value is -1.09. The van der Waals surface area contributed by atoms with Crippen LogP contribution < -0.4 is 4.57 Å². The number of hydrogen-bond acceptors (Lipinski definition) is 1. The third-order valence-corrected chi connectivity index (χ3v) is 1.81. The predicted molar refractivity (Wildman–Crippen MR) is 46.5 cm³/mol. The predicted octanol–water partition coefficient (Wildman–Crippen LogP) is 1.13. The summed E-state index contributed by atoms with van der Waals surface area (Å²) < 4.78 is 9.20. The first-order chi connectivity index (χ1) is 5.77. The highest BCUT2D eigenvalue weighted by Crippen LogP contribution is 2.02. The molecule has 1 atom stereocenters. The zero-order valence-corrected chi connectivity index (χ0v) is 7.60. The number of imidazole rings is 1. The number of rotatable bonds is 4. The zero-order valence-electron chi connectivity index (χ0n) is 7.60. The molecule has 12 heavy (non-hydrogen) atoms. The van der Waals surface area contributed by atoms with E-state index in [0.717, 1.165) is 6.54 Å². The molecule has 1 aromatic rings. The molecule has 0 aliphatic heterocycles. The average molecular weight is 167 g/mol. The lowest BCUT2D eigenvalue weighted by atomic mass is 10.6. The van der Waals surface area contributed by atoms with E-state index in [1.165, 1.54) is 0 Å². The van der Waals surface area contributed by atoms with Gasteiger partial charge in [-0.2, -0.15) is 0 Å². The molecule has 0 saturated carbocycles. The van der Waals surface area contributed by atoms with Gasteiger partial charge in [-0.25, -0.2) is 9.13 Å². The topological polar surface area (TPSA) is 18.0 Å². The highest BCUT2D eigenvalue weighted by atomic mass is 16.5. The van der Waals surface area contributed by atoms with Crippen molar-refractivity contribution in [3.63, 3.8) is 0 Å². The molecule has 0 bridgehead atoms. The number of aromatic nitrogens is 2. The number of hydrogen-bond donors (Lipinski definition) is 0. The molecule has 3 heteroatoms. The molecule has 66 valence electrons. The summed E-state index contributed by atoms with van der Waals surface area (Å²) in [6.07, 6.45) is 7.93. The first kappa shape index (κ1) is 9.00. The number of ether oxygens (including phenoxy) is 1.